The molecule has 19 heavy (non-hydrogen) atoms. The van der Waals surface area contributed by atoms with Gasteiger partial charge in [-0.2, -0.15) is 0 Å². The van der Waals surface area contributed by atoms with Gasteiger partial charge in [-0.3, -0.25) is 9.59 Å². The number of hydrogen-bond acceptors (Lipinski definition) is 2. The molecular weight excluding hydrogens is 244 g/mol. The maximum atomic E-state index is 12.0. The van der Waals surface area contributed by atoms with Crippen LogP contribution in [0.3, 0.4) is 0 Å². The molecule has 1 aliphatic heterocycles. The summed E-state index contributed by atoms with van der Waals surface area (Å²) >= 11 is 0. The molecule has 5 heteroatoms. The van der Waals surface area contributed by atoms with Gasteiger partial charge in [-0.25, -0.2) is 0 Å². The number of aliphatic carboxylic acids is 1. The summed E-state index contributed by atoms with van der Waals surface area (Å²) in [4.78, 5) is 26.0. The normalized spacial score (nSPS) is 14.5. The molecule has 2 aromatic rings. The standard InChI is InChI=1S/C14H12N2O3/c17-11(18)7-8-5-6-15-14(19)13-12(8)9-3-1-2-4-10(9)16-13/h1-5,16H,6-7H2,(H,15,19)(H,17,18). The van der Waals surface area contributed by atoms with Gasteiger partial charge >= 0.3 is 5.97 Å². The molecule has 1 amide bonds. The summed E-state index contributed by atoms with van der Waals surface area (Å²) in [5.41, 5.74) is 2.64. The van der Waals surface area contributed by atoms with Crippen molar-refractivity contribution in [2.75, 3.05) is 6.54 Å². The number of aromatic nitrogens is 1. The van der Waals surface area contributed by atoms with Gasteiger partial charge in [-0.15, -0.1) is 0 Å². The topological polar surface area (TPSA) is 82.2 Å². The molecule has 96 valence electrons. The monoisotopic (exact) mass is 256 g/mol. The molecule has 5 nitrogen and oxygen atoms in total. The Bertz CT molecular complexity index is 713. The highest BCUT2D eigenvalue weighted by Crippen LogP contribution is 2.31. The van der Waals surface area contributed by atoms with Gasteiger partial charge in [0.1, 0.15) is 5.69 Å². The molecule has 3 N–H and O–H groups in total. The molecule has 0 spiro atoms. The molecule has 3 rings (SSSR count). The summed E-state index contributed by atoms with van der Waals surface area (Å²) in [6.45, 7) is 0.346. The number of carboxylic acid groups (broad SMARTS) is 1. The summed E-state index contributed by atoms with van der Waals surface area (Å²) in [6.07, 6.45) is 1.67. The summed E-state index contributed by atoms with van der Waals surface area (Å²) in [6, 6.07) is 7.50. The van der Waals surface area contributed by atoms with Crippen molar-refractivity contribution in [3.05, 3.63) is 41.6 Å². The van der Waals surface area contributed by atoms with Crippen molar-refractivity contribution in [3.63, 3.8) is 0 Å². The smallest absolute Gasteiger partial charge is 0.307 e. The highest BCUT2D eigenvalue weighted by molar-refractivity contribution is 6.09. The minimum absolute atomic E-state index is 0.0934. The van der Waals surface area contributed by atoms with Gasteiger partial charge in [0, 0.05) is 23.0 Å². The van der Waals surface area contributed by atoms with Crippen LogP contribution in [-0.4, -0.2) is 28.5 Å². The summed E-state index contributed by atoms with van der Waals surface area (Å²) < 4.78 is 0. The van der Waals surface area contributed by atoms with E-state index in [1.54, 1.807) is 6.08 Å². The van der Waals surface area contributed by atoms with E-state index < -0.39 is 5.97 Å². The lowest BCUT2D eigenvalue weighted by atomic mass is 9.99. The number of para-hydroxylation sites is 1. The van der Waals surface area contributed by atoms with Gasteiger partial charge in [-0.05, 0) is 11.6 Å². The molecule has 1 aliphatic rings. The van der Waals surface area contributed by atoms with E-state index in [2.05, 4.69) is 10.3 Å². The second-order valence-electron chi connectivity index (χ2n) is 4.43. The van der Waals surface area contributed by atoms with Gasteiger partial charge in [-0.1, -0.05) is 24.3 Å². The third-order valence-electron chi connectivity index (χ3n) is 3.21. The molecule has 0 unspecified atom stereocenters. The van der Waals surface area contributed by atoms with Crippen LogP contribution in [0, 0.1) is 0 Å². The lowest BCUT2D eigenvalue weighted by Crippen LogP contribution is -2.22. The Morgan fingerprint density at radius 3 is 2.89 bits per heavy atom. The molecule has 0 bridgehead atoms. The van der Waals surface area contributed by atoms with E-state index in [1.807, 2.05) is 24.3 Å². The number of amides is 1. The average molecular weight is 256 g/mol. The van der Waals surface area contributed by atoms with Crippen molar-refractivity contribution in [2.45, 2.75) is 6.42 Å². The van der Waals surface area contributed by atoms with Crippen LogP contribution in [0.15, 0.2) is 30.3 Å². The van der Waals surface area contributed by atoms with Crippen LogP contribution in [0.2, 0.25) is 0 Å². The molecule has 0 radical (unpaired) electrons. The third-order valence-corrected chi connectivity index (χ3v) is 3.21. The minimum atomic E-state index is -0.906. The van der Waals surface area contributed by atoms with Crippen molar-refractivity contribution in [1.82, 2.24) is 10.3 Å². The number of H-pyrrole nitrogens is 1. The Balaban J connectivity index is 2.27. The fourth-order valence-electron chi connectivity index (χ4n) is 2.43. The van der Waals surface area contributed by atoms with Crippen LogP contribution < -0.4 is 5.32 Å². The molecule has 0 saturated heterocycles. The van der Waals surface area contributed by atoms with Crippen LogP contribution in [0.1, 0.15) is 22.5 Å². The molecule has 0 aliphatic carbocycles. The van der Waals surface area contributed by atoms with Gasteiger partial charge in [0.25, 0.3) is 5.91 Å². The van der Waals surface area contributed by atoms with Gasteiger partial charge in [0.05, 0.1) is 6.42 Å². The predicted octanol–water partition coefficient (Wildman–Crippen LogP) is 1.77. The SMILES string of the molecule is O=C(O)CC1=CCNC(=O)c2[nH]c3ccccc3c21. The minimum Gasteiger partial charge on any atom is -0.481 e. The first-order valence-electron chi connectivity index (χ1n) is 5.97. The number of hydrogen-bond donors (Lipinski definition) is 3. The fraction of sp³-hybridized carbons (Fsp3) is 0.143. The zero-order chi connectivity index (χ0) is 13.4. The van der Waals surface area contributed by atoms with Gasteiger partial charge in [0.2, 0.25) is 0 Å². The van der Waals surface area contributed by atoms with Crippen molar-refractivity contribution < 1.29 is 14.7 Å². The second-order valence-corrected chi connectivity index (χ2v) is 4.43. The number of carbonyl (C=O) groups excluding carboxylic acids is 1. The maximum absolute atomic E-state index is 12.0. The van der Waals surface area contributed by atoms with Crippen LogP contribution in [0.5, 0.6) is 0 Å². The Hall–Kier alpha value is -2.56. The van der Waals surface area contributed by atoms with E-state index >= 15 is 0 Å². The summed E-state index contributed by atoms with van der Waals surface area (Å²) in [5, 5.41) is 12.6. The van der Waals surface area contributed by atoms with E-state index in [0.29, 0.717) is 23.4 Å². The molecule has 0 fully saturated rings. The van der Waals surface area contributed by atoms with E-state index in [9.17, 15) is 9.59 Å². The Morgan fingerprint density at radius 1 is 1.32 bits per heavy atom. The molecule has 1 aromatic carbocycles. The van der Waals surface area contributed by atoms with Crippen molar-refractivity contribution in [3.8, 4) is 0 Å². The number of carboxylic acids is 1. The number of nitrogens with one attached hydrogen (secondary N) is 2. The zero-order valence-electron chi connectivity index (χ0n) is 10.1. The lowest BCUT2D eigenvalue weighted by molar-refractivity contribution is -0.135. The first kappa shape index (κ1) is 11.5. The fourth-order valence-corrected chi connectivity index (χ4v) is 2.43. The summed E-state index contributed by atoms with van der Waals surface area (Å²) in [5.74, 6) is -1.11. The quantitative estimate of drug-likeness (QED) is 0.765. The third kappa shape index (κ3) is 1.89. The molecule has 1 aromatic heterocycles. The number of aromatic amines is 1. The highest BCUT2D eigenvalue weighted by Gasteiger charge is 2.23. The van der Waals surface area contributed by atoms with E-state index in [4.69, 9.17) is 5.11 Å². The van der Waals surface area contributed by atoms with E-state index in [1.165, 1.54) is 0 Å². The number of fused-ring (bicyclic) bond motifs is 3. The second kappa shape index (κ2) is 4.28. The highest BCUT2D eigenvalue weighted by atomic mass is 16.4. The van der Waals surface area contributed by atoms with Crippen LogP contribution in [-0.2, 0) is 4.79 Å². The molecule has 0 atom stereocenters. The number of benzene rings is 1. The molecular formula is C14H12N2O3. The van der Waals surface area contributed by atoms with E-state index in [-0.39, 0.29) is 12.3 Å². The Labute approximate surface area is 108 Å². The number of rotatable bonds is 2. The average Bonchev–Trinajstić information content (AvgIpc) is 2.69. The first-order valence-corrected chi connectivity index (χ1v) is 5.97. The van der Waals surface area contributed by atoms with Crippen molar-refractivity contribution in [2.24, 2.45) is 0 Å². The molecule has 2 heterocycles. The van der Waals surface area contributed by atoms with Crippen LogP contribution in [0.4, 0.5) is 0 Å². The zero-order valence-corrected chi connectivity index (χ0v) is 10.1. The van der Waals surface area contributed by atoms with Crippen LogP contribution in [0.25, 0.3) is 16.5 Å². The Morgan fingerprint density at radius 2 is 2.11 bits per heavy atom. The first-order chi connectivity index (χ1) is 9.16. The Kier molecular flexibility index (Phi) is 2.59. The van der Waals surface area contributed by atoms with Crippen molar-refractivity contribution in [1.29, 1.82) is 0 Å². The van der Waals surface area contributed by atoms with Gasteiger partial charge < -0.3 is 15.4 Å². The largest absolute Gasteiger partial charge is 0.481 e. The molecule has 0 saturated carbocycles. The van der Waals surface area contributed by atoms with E-state index in [0.717, 1.165) is 10.9 Å². The summed E-state index contributed by atoms with van der Waals surface area (Å²) in [7, 11) is 0. The van der Waals surface area contributed by atoms with Crippen molar-refractivity contribution >= 4 is 28.4 Å². The maximum Gasteiger partial charge on any atom is 0.307 e. The van der Waals surface area contributed by atoms with Gasteiger partial charge in [0.15, 0.2) is 0 Å². The predicted molar refractivity (Wildman–Crippen MR) is 70.9 cm³/mol. The number of carbonyl (C=O) groups is 2. The lowest BCUT2D eigenvalue weighted by Gasteiger charge is -2.03. The van der Waals surface area contributed by atoms with Crippen LogP contribution >= 0.6 is 0 Å².